The molecule has 41 atom stereocenters. The van der Waals surface area contributed by atoms with Crippen LogP contribution in [0.2, 0.25) is 0 Å². The molecule has 38 heteroatoms. The van der Waals surface area contributed by atoms with Crippen LogP contribution in [0.5, 0.6) is 0 Å². The second-order valence-corrected chi connectivity index (χ2v) is 29.2. The van der Waals surface area contributed by atoms with Crippen molar-refractivity contribution in [2.75, 3.05) is 46.2 Å². The number of hydrogen-bond donors (Lipinski definition) is 23. The topological polar surface area (TPSA) is 612 Å². The highest BCUT2D eigenvalue weighted by Crippen LogP contribution is 2.74. The zero-order valence-electron chi connectivity index (χ0n) is 54.8. The third kappa shape index (κ3) is 14.0. The van der Waals surface area contributed by atoms with Crippen LogP contribution in [0.3, 0.4) is 0 Å². The first-order chi connectivity index (χ1) is 47.3. The number of carbonyl (C=O) groups is 1. The summed E-state index contributed by atoms with van der Waals surface area (Å²) in [6, 6.07) is 0. The fraction of sp³-hybridized carbons (Fsp3) is 0.952. The number of rotatable bonds is 21. The third-order valence-electron chi connectivity index (χ3n) is 23.4. The van der Waals surface area contributed by atoms with Crippen molar-refractivity contribution >= 4 is 5.97 Å². The Morgan fingerprint density at radius 1 is 0.380 bits per heavy atom. The highest BCUT2D eigenvalue weighted by atomic mass is 16.8. The van der Waals surface area contributed by atoms with Gasteiger partial charge in [-0.1, -0.05) is 19.9 Å². The summed E-state index contributed by atoms with van der Waals surface area (Å²) < 4.78 is 83.2. The Hall–Kier alpha value is -2.23. The van der Waals surface area contributed by atoms with E-state index in [0.29, 0.717) is 56.9 Å². The van der Waals surface area contributed by atoms with E-state index in [1.165, 1.54) is 0 Å². The van der Waals surface area contributed by atoms with Crippen molar-refractivity contribution in [3.8, 4) is 0 Å². The van der Waals surface area contributed by atoms with Gasteiger partial charge in [0.05, 0.1) is 57.3 Å². The molecule has 2 bridgehead atoms. The van der Waals surface area contributed by atoms with Gasteiger partial charge in [-0.15, -0.1) is 0 Å². The molecule has 41 unspecified atom stereocenters. The minimum atomic E-state index is -2.29. The lowest BCUT2D eigenvalue weighted by atomic mass is 9.41. The summed E-state index contributed by atoms with van der Waals surface area (Å²) in [7, 11) is 0. The zero-order chi connectivity index (χ0) is 72.7. The van der Waals surface area contributed by atoms with Gasteiger partial charge in [0.1, 0.15) is 171 Å². The molecule has 11 rings (SSSR count). The van der Waals surface area contributed by atoms with Gasteiger partial charge in [-0.3, -0.25) is 4.79 Å². The van der Waals surface area contributed by atoms with Crippen molar-refractivity contribution in [2.45, 2.75) is 292 Å². The van der Waals surface area contributed by atoms with Crippen LogP contribution < -0.4 is 0 Å². The number of esters is 1. The summed E-state index contributed by atoms with van der Waals surface area (Å²) in [4.78, 5) is 14.5. The van der Waals surface area contributed by atoms with E-state index in [9.17, 15) is 122 Å². The lowest BCUT2D eigenvalue weighted by Gasteiger charge is -2.64. The van der Waals surface area contributed by atoms with E-state index in [-0.39, 0.29) is 18.3 Å². The first-order valence-corrected chi connectivity index (χ1v) is 33.9. The van der Waals surface area contributed by atoms with Crippen LogP contribution in [0.4, 0.5) is 0 Å². The van der Waals surface area contributed by atoms with E-state index in [1.807, 2.05) is 0 Å². The Morgan fingerprint density at radius 2 is 0.720 bits per heavy atom. The van der Waals surface area contributed by atoms with Gasteiger partial charge < -0.3 is 184 Å². The SMILES string of the molecule is C=C1CC23CCC4C(C)(C(=O)OC5OC(CO)C(O)C(O)C5O)CCCC4(C)C2CCC1(OC1OC(CO)C(O)C(OC2OC(CO)C(OC4OC(CO)C(OC5OC(CO)C(OC6OC(CO)C(O)C(O)C6O)C(O)C5O)C(O)C4O)C(O)C2O)C1OC1OC(CO)C(O)C(O)C1O)C3. The van der Waals surface area contributed by atoms with Crippen LogP contribution in [0.15, 0.2) is 12.2 Å². The van der Waals surface area contributed by atoms with Gasteiger partial charge in [0.2, 0.25) is 6.29 Å². The van der Waals surface area contributed by atoms with Crippen molar-refractivity contribution < 1.29 is 189 Å². The molecule has 11 fully saturated rings. The maximum atomic E-state index is 14.5. The van der Waals surface area contributed by atoms with Crippen LogP contribution in [0, 0.1) is 28.1 Å². The normalized spacial score (nSPS) is 54.5. The lowest BCUT2D eigenvalue weighted by Crippen LogP contribution is -2.69. The molecule has 7 heterocycles. The Morgan fingerprint density at radius 3 is 1.14 bits per heavy atom. The van der Waals surface area contributed by atoms with Gasteiger partial charge >= 0.3 is 5.97 Å². The van der Waals surface area contributed by atoms with Gasteiger partial charge in [-0.25, -0.2) is 0 Å². The number of aliphatic hydroxyl groups excluding tert-OH is 23. The first kappa shape index (κ1) is 78.8. The van der Waals surface area contributed by atoms with Crippen molar-refractivity contribution in [3.05, 3.63) is 12.2 Å². The minimum absolute atomic E-state index is 0.0830. The van der Waals surface area contributed by atoms with Crippen molar-refractivity contribution in [2.24, 2.45) is 28.1 Å². The molecule has 4 aliphatic carbocycles. The average molecular weight is 1450 g/mol. The molecule has 1 spiro atoms. The second-order valence-electron chi connectivity index (χ2n) is 29.2. The van der Waals surface area contributed by atoms with Crippen LogP contribution in [0.1, 0.15) is 71.6 Å². The van der Waals surface area contributed by atoms with Gasteiger partial charge in [0.25, 0.3) is 0 Å². The lowest BCUT2D eigenvalue weighted by molar-refractivity contribution is -0.407. The van der Waals surface area contributed by atoms with Gasteiger partial charge in [0, 0.05) is 0 Å². The van der Waals surface area contributed by atoms with E-state index in [1.54, 1.807) is 6.92 Å². The monoisotopic (exact) mass is 1450 g/mol. The molecule has 576 valence electrons. The first-order valence-electron chi connectivity index (χ1n) is 33.9. The van der Waals surface area contributed by atoms with E-state index in [4.69, 9.17) is 66.3 Å². The fourth-order valence-corrected chi connectivity index (χ4v) is 18.0. The maximum absolute atomic E-state index is 14.5. The number of carbonyl (C=O) groups excluding carboxylic acids is 1. The largest absolute Gasteiger partial charge is 0.432 e. The molecule has 23 N–H and O–H groups in total. The van der Waals surface area contributed by atoms with Crippen LogP contribution in [-0.4, -0.2) is 390 Å². The van der Waals surface area contributed by atoms with E-state index in [2.05, 4.69) is 13.5 Å². The number of hydrogen-bond acceptors (Lipinski definition) is 38. The molecule has 4 saturated carbocycles. The van der Waals surface area contributed by atoms with Crippen LogP contribution in [-0.2, 0) is 71.1 Å². The molecule has 11 aliphatic rings. The van der Waals surface area contributed by atoms with Crippen molar-refractivity contribution in [3.63, 3.8) is 0 Å². The van der Waals surface area contributed by atoms with Crippen molar-refractivity contribution in [1.82, 2.24) is 0 Å². The average Bonchev–Trinajstić information content (AvgIpc) is 1.48. The Balaban J connectivity index is 0.791. The summed E-state index contributed by atoms with van der Waals surface area (Å²) in [6.07, 6.45) is -62.4. The highest BCUT2D eigenvalue weighted by molar-refractivity contribution is 5.77. The van der Waals surface area contributed by atoms with Gasteiger partial charge in [-0.05, 0) is 86.5 Å². The van der Waals surface area contributed by atoms with Gasteiger partial charge in [0.15, 0.2) is 37.7 Å². The quantitative estimate of drug-likeness (QED) is 0.0288. The molecular formula is C62H100O38. The summed E-state index contributed by atoms with van der Waals surface area (Å²) in [5.41, 5.74) is -2.90. The standard InChI is InChI=1S/C62H100O38/c1-20-11-61-9-5-28-59(2,7-4-8-60(28,3)58(86)99-56-42(82)36(76)32(72)23(14-65)89-56)29(61)6-10-62(20,19-61)100-57-50(98-52-41(81)35(75)31(71)22(13-64)88-52)49(33(73)24(15-66)90-57)97-55-45(85)39(79)48(27(18-69)93-55)96-54-44(84)38(78)47(26(17-68)92-54)95-53-43(83)37(77)46(25(16-67)91-53)94-51-40(80)34(74)30(70)21(12-63)87-51/h21-57,63-85H,1,4-19H2,2-3H3. The summed E-state index contributed by atoms with van der Waals surface area (Å²) in [6.45, 7) is 1.86. The second kappa shape index (κ2) is 31.2. The third-order valence-corrected chi connectivity index (χ3v) is 23.4. The van der Waals surface area contributed by atoms with Crippen LogP contribution >= 0.6 is 0 Å². The molecule has 38 nitrogen and oxygen atoms in total. The summed E-state index contributed by atoms with van der Waals surface area (Å²) >= 11 is 0. The van der Waals surface area contributed by atoms with Crippen LogP contribution in [0.25, 0.3) is 0 Å². The molecule has 7 saturated heterocycles. The predicted molar refractivity (Wildman–Crippen MR) is 317 cm³/mol. The Kier molecular flexibility index (Phi) is 24.6. The smallest absolute Gasteiger partial charge is 0.314 e. The molecule has 0 aromatic carbocycles. The fourth-order valence-electron chi connectivity index (χ4n) is 18.0. The molecule has 0 amide bonds. The molecule has 0 aromatic rings. The number of fused-ring (bicyclic) bond motifs is 3. The molecule has 100 heavy (non-hydrogen) atoms. The molecular weight excluding hydrogens is 1350 g/mol. The number of aliphatic hydroxyl groups is 23. The maximum Gasteiger partial charge on any atom is 0.314 e. The number of ether oxygens (including phenoxy) is 14. The summed E-state index contributed by atoms with van der Waals surface area (Å²) in [5, 5.41) is 249. The zero-order valence-corrected chi connectivity index (χ0v) is 54.8. The Labute approximate surface area is 571 Å². The van der Waals surface area contributed by atoms with E-state index in [0.717, 1.165) is 0 Å². The van der Waals surface area contributed by atoms with Crippen molar-refractivity contribution in [1.29, 1.82) is 0 Å². The predicted octanol–water partition coefficient (Wildman–Crippen LogP) is -11.6. The Bertz CT molecular complexity index is 2720. The molecule has 7 aliphatic heterocycles. The minimum Gasteiger partial charge on any atom is -0.432 e. The molecule has 0 aromatic heterocycles. The highest BCUT2D eigenvalue weighted by Gasteiger charge is 2.70. The molecule has 0 radical (unpaired) electrons. The van der Waals surface area contributed by atoms with E-state index < -0.39 is 289 Å². The summed E-state index contributed by atoms with van der Waals surface area (Å²) in [5.74, 6) is -1.06. The van der Waals surface area contributed by atoms with Gasteiger partial charge in [-0.2, -0.15) is 0 Å². The van der Waals surface area contributed by atoms with E-state index >= 15 is 0 Å².